The van der Waals surface area contributed by atoms with Crippen LogP contribution >= 0.6 is 28.6 Å². The molecule has 1 aromatic rings. The van der Waals surface area contributed by atoms with E-state index in [1.165, 1.54) is 6.92 Å². The second-order valence-corrected chi connectivity index (χ2v) is 4.22. The third-order valence-corrected chi connectivity index (χ3v) is 3.12. The maximum Gasteiger partial charge on any atom is 0.147 e. The number of rotatable bonds is 2. The molecule has 4 heteroatoms. The molecular weight excluding hydrogens is 250 g/mol. The highest BCUT2D eigenvalue weighted by molar-refractivity contribution is 9.09. The fraction of sp³-hybridized carbons (Fsp3) is 0.222. The summed E-state index contributed by atoms with van der Waals surface area (Å²) in [5, 5.41) is 0. The van der Waals surface area contributed by atoms with Crippen molar-refractivity contribution in [3.8, 4) is 0 Å². The van der Waals surface area contributed by atoms with Gasteiger partial charge in [-0.2, -0.15) is 0 Å². The number of anilines is 1. The van der Waals surface area contributed by atoms with E-state index in [0.29, 0.717) is 5.69 Å². The fourth-order valence-electron chi connectivity index (χ4n) is 1.00. The average molecular weight is 260 g/mol. The molecule has 0 spiro atoms. The van der Waals surface area contributed by atoms with Crippen LogP contribution in [0.25, 0.3) is 0 Å². The molecule has 0 amide bonds. The first-order valence-electron chi connectivity index (χ1n) is 3.75. The van der Waals surface area contributed by atoms with E-state index in [-0.39, 0.29) is 10.6 Å². The van der Waals surface area contributed by atoms with Gasteiger partial charge in [0.2, 0.25) is 0 Å². The lowest BCUT2D eigenvalue weighted by Gasteiger charge is -2.09. The van der Waals surface area contributed by atoms with Crippen molar-refractivity contribution in [3.05, 3.63) is 23.8 Å². The zero-order valence-electron chi connectivity index (χ0n) is 7.12. The maximum absolute atomic E-state index is 11.1. The van der Waals surface area contributed by atoms with Crippen molar-refractivity contribution in [1.82, 2.24) is 0 Å². The Morgan fingerprint density at radius 2 is 2.23 bits per heavy atom. The molecule has 0 saturated carbocycles. The fourth-order valence-corrected chi connectivity index (χ4v) is 1.61. The Bertz CT molecular complexity index is 340. The van der Waals surface area contributed by atoms with Gasteiger partial charge in [-0.05, 0) is 30.7 Å². The van der Waals surface area contributed by atoms with Gasteiger partial charge in [-0.1, -0.05) is 15.9 Å². The molecule has 1 atom stereocenters. The van der Waals surface area contributed by atoms with Crippen LogP contribution in [0.3, 0.4) is 0 Å². The topological polar surface area (TPSA) is 43.1 Å². The maximum atomic E-state index is 11.1. The van der Waals surface area contributed by atoms with Crippen LogP contribution in [0.4, 0.5) is 5.69 Å². The quantitative estimate of drug-likeness (QED) is 0.487. The number of carbonyl (C=O) groups excluding carboxylic acids is 1. The molecular formula is C9H10BrNOS. The molecule has 1 rings (SSSR count). The van der Waals surface area contributed by atoms with Crippen molar-refractivity contribution in [2.45, 2.75) is 16.6 Å². The Morgan fingerprint density at radius 3 is 2.77 bits per heavy atom. The van der Waals surface area contributed by atoms with Crippen LogP contribution in [0.5, 0.6) is 0 Å². The third-order valence-electron chi connectivity index (χ3n) is 1.70. The van der Waals surface area contributed by atoms with Gasteiger partial charge < -0.3 is 5.73 Å². The first-order valence-corrected chi connectivity index (χ1v) is 5.11. The number of ketones is 1. The number of alkyl halides is 1. The van der Waals surface area contributed by atoms with E-state index in [9.17, 15) is 4.79 Å². The van der Waals surface area contributed by atoms with Crippen molar-refractivity contribution >= 4 is 40.0 Å². The van der Waals surface area contributed by atoms with E-state index >= 15 is 0 Å². The lowest BCUT2D eigenvalue weighted by molar-refractivity contribution is -0.116. The summed E-state index contributed by atoms with van der Waals surface area (Å²) in [6.45, 7) is 1.52. The van der Waals surface area contributed by atoms with Crippen LogP contribution in [0.2, 0.25) is 0 Å². The Kier molecular flexibility index (Phi) is 3.39. The zero-order valence-corrected chi connectivity index (χ0v) is 9.60. The molecule has 0 aliphatic heterocycles. The number of halogens is 1. The minimum atomic E-state index is -0.334. The second kappa shape index (κ2) is 4.15. The van der Waals surface area contributed by atoms with Gasteiger partial charge in [-0.15, -0.1) is 12.6 Å². The lowest BCUT2D eigenvalue weighted by Crippen LogP contribution is -2.04. The highest BCUT2D eigenvalue weighted by Crippen LogP contribution is 2.30. The van der Waals surface area contributed by atoms with Gasteiger partial charge in [0.05, 0.1) is 4.83 Å². The van der Waals surface area contributed by atoms with E-state index in [4.69, 9.17) is 5.73 Å². The van der Waals surface area contributed by atoms with Crippen LogP contribution in [-0.4, -0.2) is 5.78 Å². The molecule has 0 heterocycles. The Labute approximate surface area is 91.1 Å². The third kappa shape index (κ3) is 2.48. The van der Waals surface area contributed by atoms with E-state index in [1.807, 2.05) is 0 Å². The predicted molar refractivity (Wildman–Crippen MR) is 60.5 cm³/mol. The van der Waals surface area contributed by atoms with Crippen molar-refractivity contribution in [2.75, 3.05) is 5.73 Å². The van der Waals surface area contributed by atoms with E-state index in [1.54, 1.807) is 18.2 Å². The molecule has 0 aromatic heterocycles. The minimum Gasteiger partial charge on any atom is -0.398 e. The summed E-state index contributed by atoms with van der Waals surface area (Å²) in [6.07, 6.45) is 0. The minimum absolute atomic E-state index is 0.0330. The summed E-state index contributed by atoms with van der Waals surface area (Å²) in [5.74, 6) is 0.0330. The lowest BCUT2D eigenvalue weighted by atomic mass is 10.1. The Balaban J connectivity index is 3.12. The monoisotopic (exact) mass is 259 g/mol. The number of carbonyl (C=O) groups is 1. The highest BCUT2D eigenvalue weighted by Gasteiger charge is 2.15. The number of thiol groups is 1. The summed E-state index contributed by atoms with van der Waals surface area (Å²) < 4.78 is 0. The van der Waals surface area contributed by atoms with Crippen LogP contribution in [0.1, 0.15) is 17.3 Å². The molecule has 2 N–H and O–H groups in total. The number of nitrogen functional groups attached to an aromatic ring is 1. The van der Waals surface area contributed by atoms with Crippen molar-refractivity contribution in [1.29, 1.82) is 0 Å². The standard InChI is InChI=1S/C9H10BrNOS/c1-5(12)9(10)7-4-6(13)2-3-8(7)11/h2-4,9,13H,11H2,1H3. The van der Waals surface area contributed by atoms with Gasteiger partial charge in [-0.3, -0.25) is 4.79 Å². The molecule has 0 fully saturated rings. The molecule has 0 aliphatic carbocycles. The molecule has 13 heavy (non-hydrogen) atoms. The Morgan fingerprint density at radius 1 is 1.62 bits per heavy atom. The summed E-state index contributed by atoms with van der Waals surface area (Å²) in [6, 6.07) is 5.33. The average Bonchev–Trinajstić information content (AvgIpc) is 2.08. The van der Waals surface area contributed by atoms with Gasteiger partial charge in [0.25, 0.3) is 0 Å². The number of nitrogens with two attached hydrogens (primary N) is 1. The Hall–Kier alpha value is -0.480. The summed E-state index contributed by atoms with van der Waals surface area (Å²) >= 11 is 7.45. The number of Topliss-reactive ketones (excluding diaryl/α,β-unsaturated/α-hetero) is 1. The SMILES string of the molecule is CC(=O)C(Br)c1cc(S)ccc1N. The normalized spacial score (nSPS) is 12.5. The molecule has 0 aliphatic rings. The molecule has 2 nitrogen and oxygen atoms in total. The van der Waals surface area contributed by atoms with Gasteiger partial charge in [-0.25, -0.2) is 0 Å². The van der Waals surface area contributed by atoms with Crippen molar-refractivity contribution < 1.29 is 4.79 Å². The molecule has 0 bridgehead atoms. The van der Waals surface area contributed by atoms with Crippen LogP contribution in [0.15, 0.2) is 23.1 Å². The van der Waals surface area contributed by atoms with Gasteiger partial charge in [0, 0.05) is 10.6 Å². The van der Waals surface area contributed by atoms with Gasteiger partial charge >= 0.3 is 0 Å². The highest BCUT2D eigenvalue weighted by atomic mass is 79.9. The predicted octanol–water partition coefficient (Wildman–Crippen LogP) is 2.58. The summed E-state index contributed by atoms with van der Waals surface area (Å²) in [4.78, 5) is 11.5. The second-order valence-electron chi connectivity index (χ2n) is 2.79. The number of hydrogen-bond donors (Lipinski definition) is 2. The van der Waals surface area contributed by atoms with Crippen molar-refractivity contribution in [2.24, 2.45) is 0 Å². The van der Waals surface area contributed by atoms with E-state index in [2.05, 4.69) is 28.6 Å². The largest absolute Gasteiger partial charge is 0.398 e. The first-order chi connectivity index (χ1) is 6.02. The molecule has 70 valence electrons. The smallest absolute Gasteiger partial charge is 0.147 e. The number of benzene rings is 1. The van der Waals surface area contributed by atoms with Crippen molar-refractivity contribution in [3.63, 3.8) is 0 Å². The summed E-state index contributed by atoms with van der Waals surface area (Å²) in [7, 11) is 0. The number of hydrogen-bond acceptors (Lipinski definition) is 3. The van der Waals surface area contributed by atoms with E-state index in [0.717, 1.165) is 10.5 Å². The van der Waals surface area contributed by atoms with Crippen LogP contribution < -0.4 is 5.73 Å². The molecule has 1 aromatic carbocycles. The summed E-state index contributed by atoms with van der Waals surface area (Å²) in [5.41, 5.74) is 7.10. The van der Waals surface area contributed by atoms with Crippen LogP contribution in [-0.2, 0) is 4.79 Å². The van der Waals surface area contributed by atoms with Crippen LogP contribution in [0, 0.1) is 0 Å². The molecule has 1 unspecified atom stereocenters. The molecule has 0 saturated heterocycles. The zero-order chi connectivity index (χ0) is 10.0. The molecule has 0 radical (unpaired) electrons. The van der Waals surface area contributed by atoms with Gasteiger partial charge in [0.15, 0.2) is 0 Å². The first kappa shape index (κ1) is 10.6. The van der Waals surface area contributed by atoms with E-state index < -0.39 is 0 Å². The van der Waals surface area contributed by atoms with Gasteiger partial charge in [0.1, 0.15) is 5.78 Å².